The highest BCUT2D eigenvalue weighted by Crippen LogP contribution is 2.18. The van der Waals surface area contributed by atoms with E-state index >= 15 is 0 Å². The summed E-state index contributed by atoms with van der Waals surface area (Å²) >= 11 is 0. The average molecular weight is 417 g/mol. The Hall–Kier alpha value is -4.13. The number of hydrazine groups is 1. The van der Waals surface area contributed by atoms with Gasteiger partial charge in [0.05, 0.1) is 0 Å². The molecule has 3 amide bonds. The van der Waals surface area contributed by atoms with Crippen molar-refractivity contribution in [2.24, 2.45) is 0 Å². The van der Waals surface area contributed by atoms with Gasteiger partial charge in [0.2, 0.25) is 0 Å². The largest absolute Gasteiger partial charge is 0.483 e. The summed E-state index contributed by atoms with van der Waals surface area (Å²) in [5.74, 6) is -0.592. The van der Waals surface area contributed by atoms with Crippen molar-refractivity contribution < 1.29 is 19.1 Å². The van der Waals surface area contributed by atoms with Crippen LogP contribution in [0.1, 0.15) is 31.8 Å². The molecule has 0 saturated heterocycles. The van der Waals surface area contributed by atoms with Crippen LogP contribution in [-0.4, -0.2) is 24.3 Å². The molecule has 7 nitrogen and oxygen atoms in total. The third-order valence-electron chi connectivity index (χ3n) is 4.46. The van der Waals surface area contributed by atoms with E-state index in [1.54, 1.807) is 48.5 Å². The molecule has 0 heterocycles. The minimum absolute atomic E-state index is 0.227. The van der Waals surface area contributed by atoms with Gasteiger partial charge in [-0.05, 0) is 67.4 Å². The minimum atomic E-state index is -0.485. The van der Waals surface area contributed by atoms with Gasteiger partial charge in [0.1, 0.15) is 5.75 Å². The van der Waals surface area contributed by atoms with E-state index in [0.29, 0.717) is 22.6 Å². The molecule has 0 aromatic heterocycles. The highest BCUT2D eigenvalue weighted by atomic mass is 16.5. The first-order chi connectivity index (χ1) is 14.9. The molecule has 31 heavy (non-hydrogen) atoms. The number of anilines is 1. The molecule has 3 N–H and O–H groups in total. The molecule has 0 atom stereocenters. The highest BCUT2D eigenvalue weighted by Gasteiger charge is 2.10. The zero-order valence-electron chi connectivity index (χ0n) is 17.3. The zero-order chi connectivity index (χ0) is 22.2. The molecule has 0 radical (unpaired) electrons. The summed E-state index contributed by atoms with van der Waals surface area (Å²) in [4.78, 5) is 36.3. The first-order valence-corrected chi connectivity index (χ1v) is 9.68. The number of nitrogens with one attached hydrogen (secondary N) is 3. The van der Waals surface area contributed by atoms with Crippen molar-refractivity contribution in [1.82, 2.24) is 10.9 Å². The Balaban J connectivity index is 1.47. The van der Waals surface area contributed by atoms with Gasteiger partial charge in [-0.3, -0.25) is 25.2 Å². The van der Waals surface area contributed by atoms with Gasteiger partial charge in [-0.15, -0.1) is 0 Å². The topological polar surface area (TPSA) is 96.5 Å². The molecule has 158 valence electrons. The lowest BCUT2D eigenvalue weighted by atomic mass is 10.1. The zero-order valence-corrected chi connectivity index (χ0v) is 17.3. The number of benzene rings is 3. The Morgan fingerprint density at radius 1 is 0.774 bits per heavy atom. The number of rotatable bonds is 6. The Labute approximate surface area is 180 Å². The van der Waals surface area contributed by atoms with Crippen molar-refractivity contribution in [3.05, 3.63) is 95.1 Å². The van der Waals surface area contributed by atoms with Gasteiger partial charge in [0, 0.05) is 16.8 Å². The maximum Gasteiger partial charge on any atom is 0.276 e. The van der Waals surface area contributed by atoms with Crippen molar-refractivity contribution in [1.29, 1.82) is 0 Å². The molecule has 0 fully saturated rings. The van der Waals surface area contributed by atoms with E-state index in [2.05, 4.69) is 16.2 Å². The van der Waals surface area contributed by atoms with Crippen molar-refractivity contribution in [2.45, 2.75) is 13.8 Å². The number of carbonyl (C=O) groups is 3. The molecule has 3 aromatic rings. The lowest BCUT2D eigenvalue weighted by molar-refractivity contribution is -0.123. The maximum absolute atomic E-state index is 12.2. The fraction of sp³-hybridized carbons (Fsp3) is 0.125. The van der Waals surface area contributed by atoms with E-state index in [9.17, 15) is 14.4 Å². The third-order valence-corrected chi connectivity index (χ3v) is 4.46. The van der Waals surface area contributed by atoms with E-state index in [-0.39, 0.29) is 12.5 Å². The molecular formula is C24H23N3O4. The molecular weight excluding hydrogens is 394 g/mol. The lowest BCUT2D eigenvalue weighted by Gasteiger charge is -2.11. The maximum atomic E-state index is 12.2. The Morgan fingerprint density at radius 2 is 1.45 bits per heavy atom. The summed E-state index contributed by atoms with van der Waals surface area (Å²) in [6, 6.07) is 20.9. The van der Waals surface area contributed by atoms with E-state index in [1.165, 1.54) is 0 Å². The summed E-state index contributed by atoms with van der Waals surface area (Å²) in [5, 5.41) is 2.76. The molecule has 7 heteroatoms. The van der Waals surface area contributed by atoms with Gasteiger partial charge in [-0.1, -0.05) is 30.3 Å². The van der Waals surface area contributed by atoms with Crippen LogP contribution in [-0.2, 0) is 4.79 Å². The van der Waals surface area contributed by atoms with Crippen LogP contribution >= 0.6 is 0 Å². The van der Waals surface area contributed by atoms with E-state index in [1.807, 2.05) is 38.1 Å². The monoisotopic (exact) mass is 417 g/mol. The number of hydrogen-bond donors (Lipinski definition) is 3. The standard InChI is InChI=1S/C24H23N3O4/c1-16-8-9-17(2)21(14-16)31-15-22(28)26-27-24(30)19-10-12-20(13-11-19)25-23(29)18-6-4-3-5-7-18/h3-14H,15H2,1-2H3,(H,25,29)(H,26,28)(H,27,30). The summed E-state index contributed by atoms with van der Waals surface area (Å²) in [5.41, 5.74) is 8.02. The summed E-state index contributed by atoms with van der Waals surface area (Å²) in [6.45, 7) is 3.60. The van der Waals surface area contributed by atoms with Gasteiger partial charge < -0.3 is 10.1 Å². The van der Waals surface area contributed by atoms with Crippen molar-refractivity contribution in [2.75, 3.05) is 11.9 Å². The van der Waals surface area contributed by atoms with Crippen LogP contribution in [0.4, 0.5) is 5.69 Å². The molecule has 0 unspecified atom stereocenters. The second-order valence-electron chi connectivity index (χ2n) is 6.96. The van der Waals surface area contributed by atoms with E-state index in [4.69, 9.17) is 4.74 Å². The van der Waals surface area contributed by atoms with Crippen LogP contribution in [0.3, 0.4) is 0 Å². The van der Waals surface area contributed by atoms with Crippen LogP contribution in [0.15, 0.2) is 72.8 Å². The highest BCUT2D eigenvalue weighted by molar-refractivity contribution is 6.04. The molecule has 0 aliphatic rings. The molecule has 0 aliphatic carbocycles. The fourth-order valence-corrected chi connectivity index (χ4v) is 2.74. The SMILES string of the molecule is Cc1ccc(C)c(OCC(=O)NNC(=O)c2ccc(NC(=O)c3ccccc3)cc2)c1. The van der Waals surface area contributed by atoms with Crippen LogP contribution in [0.25, 0.3) is 0 Å². The molecule has 0 bridgehead atoms. The fourth-order valence-electron chi connectivity index (χ4n) is 2.74. The Bertz CT molecular complexity index is 1080. The number of hydrogen-bond acceptors (Lipinski definition) is 4. The molecule has 3 aromatic carbocycles. The predicted molar refractivity (Wildman–Crippen MR) is 118 cm³/mol. The van der Waals surface area contributed by atoms with Crippen LogP contribution < -0.4 is 20.9 Å². The third kappa shape index (κ3) is 6.17. The van der Waals surface area contributed by atoms with Crippen LogP contribution in [0, 0.1) is 13.8 Å². The first kappa shape index (κ1) is 21.6. The predicted octanol–water partition coefficient (Wildman–Crippen LogP) is 3.40. The molecule has 3 rings (SSSR count). The number of carbonyl (C=O) groups excluding carboxylic acids is 3. The van der Waals surface area contributed by atoms with Gasteiger partial charge in [0.25, 0.3) is 17.7 Å². The molecule has 0 saturated carbocycles. The normalized spacial score (nSPS) is 10.1. The first-order valence-electron chi connectivity index (χ1n) is 9.68. The number of aryl methyl sites for hydroxylation is 2. The second-order valence-corrected chi connectivity index (χ2v) is 6.96. The summed E-state index contributed by atoms with van der Waals surface area (Å²) in [6.07, 6.45) is 0. The Kier molecular flexibility index (Phi) is 7.01. The van der Waals surface area contributed by atoms with Crippen molar-refractivity contribution >= 4 is 23.4 Å². The molecule has 0 aliphatic heterocycles. The summed E-state index contributed by atoms with van der Waals surface area (Å²) < 4.78 is 5.50. The average Bonchev–Trinajstić information content (AvgIpc) is 2.79. The van der Waals surface area contributed by atoms with Crippen LogP contribution in [0.5, 0.6) is 5.75 Å². The quantitative estimate of drug-likeness (QED) is 0.536. The Morgan fingerprint density at radius 3 is 2.16 bits per heavy atom. The van der Waals surface area contributed by atoms with Crippen molar-refractivity contribution in [3.63, 3.8) is 0 Å². The molecule has 0 spiro atoms. The van der Waals surface area contributed by atoms with Gasteiger partial charge in [-0.2, -0.15) is 0 Å². The smallest absolute Gasteiger partial charge is 0.276 e. The van der Waals surface area contributed by atoms with E-state index < -0.39 is 11.8 Å². The summed E-state index contributed by atoms with van der Waals surface area (Å²) in [7, 11) is 0. The van der Waals surface area contributed by atoms with E-state index in [0.717, 1.165) is 11.1 Å². The van der Waals surface area contributed by atoms with Gasteiger partial charge >= 0.3 is 0 Å². The minimum Gasteiger partial charge on any atom is -0.483 e. The second kappa shape index (κ2) is 10.1. The van der Waals surface area contributed by atoms with Gasteiger partial charge in [0.15, 0.2) is 6.61 Å². The van der Waals surface area contributed by atoms with Crippen molar-refractivity contribution in [3.8, 4) is 5.75 Å². The van der Waals surface area contributed by atoms with Gasteiger partial charge in [-0.25, -0.2) is 0 Å². The lowest BCUT2D eigenvalue weighted by Crippen LogP contribution is -2.43. The number of ether oxygens (including phenoxy) is 1. The number of amides is 3. The van der Waals surface area contributed by atoms with Crippen LogP contribution in [0.2, 0.25) is 0 Å².